The third kappa shape index (κ3) is 1.85. The van der Waals surface area contributed by atoms with Gasteiger partial charge in [-0.3, -0.25) is 0 Å². The molecule has 3 rings (SSSR count). The van der Waals surface area contributed by atoms with Crippen molar-refractivity contribution in [3.63, 3.8) is 0 Å². The minimum absolute atomic E-state index is 0.112. The summed E-state index contributed by atoms with van der Waals surface area (Å²) < 4.78 is 2.12. The zero-order valence-corrected chi connectivity index (χ0v) is 11.7. The van der Waals surface area contributed by atoms with Crippen LogP contribution < -0.4 is 0 Å². The van der Waals surface area contributed by atoms with Crippen molar-refractivity contribution < 1.29 is 0 Å². The second-order valence-corrected chi connectivity index (χ2v) is 6.45. The molecule has 0 spiro atoms. The molecule has 0 bridgehead atoms. The van der Waals surface area contributed by atoms with Crippen LogP contribution in [0.1, 0.15) is 26.3 Å². The summed E-state index contributed by atoms with van der Waals surface area (Å²) >= 11 is 1.73. The van der Waals surface area contributed by atoms with Gasteiger partial charge in [0.05, 0.1) is 10.6 Å². The molecule has 3 heterocycles. The van der Waals surface area contributed by atoms with E-state index in [0.29, 0.717) is 0 Å². The average Bonchev–Trinajstić information content (AvgIpc) is 2.95. The highest BCUT2D eigenvalue weighted by Gasteiger charge is 2.19. The first-order chi connectivity index (χ1) is 8.55. The van der Waals surface area contributed by atoms with Gasteiger partial charge in [0.25, 0.3) is 0 Å². The third-order valence-electron chi connectivity index (χ3n) is 3.06. The molecular formula is C15H16N2S. The molecule has 0 aliphatic heterocycles. The molecule has 0 aliphatic carbocycles. The summed E-state index contributed by atoms with van der Waals surface area (Å²) in [6.45, 7) is 6.67. The van der Waals surface area contributed by atoms with E-state index >= 15 is 0 Å². The zero-order chi connectivity index (χ0) is 12.8. The fourth-order valence-corrected chi connectivity index (χ4v) is 2.82. The van der Waals surface area contributed by atoms with E-state index in [1.165, 1.54) is 10.4 Å². The van der Waals surface area contributed by atoms with Crippen LogP contribution in [-0.2, 0) is 5.41 Å². The Bertz CT molecular complexity index is 672. The molecule has 3 aromatic heterocycles. The first-order valence-corrected chi connectivity index (χ1v) is 6.96. The summed E-state index contributed by atoms with van der Waals surface area (Å²) in [5.41, 5.74) is 3.52. The molecule has 0 amide bonds. The van der Waals surface area contributed by atoms with Crippen LogP contribution in [0.15, 0.2) is 42.0 Å². The van der Waals surface area contributed by atoms with Crippen LogP contribution in [0, 0.1) is 0 Å². The standard InChI is InChI=1S/C15H16N2S/c1-15(2,3)11-6-4-8-17-10-12(16-14(11)17)13-7-5-9-18-13/h4-10H,1-3H3. The Labute approximate surface area is 111 Å². The molecule has 0 aliphatic rings. The first kappa shape index (κ1) is 11.5. The molecule has 0 N–H and O–H groups in total. The van der Waals surface area contributed by atoms with Gasteiger partial charge in [0.2, 0.25) is 0 Å². The van der Waals surface area contributed by atoms with Crippen LogP contribution in [-0.4, -0.2) is 9.38 Å². The molecule has 0 fully saturated rings. The largest absolute Gasteiger partial charge is 0.306 e. The predicted molar refractivity (Wildman–Crippen MR) is 77.2 cm³/mol. The fourth-order valence-electron chi connectivity index (χ4n) is 2.14. The summed E-state index contributed by atoms with van der Waals surface area (Å²) in [4.78, 5) is 6.02. The van der Waals surface area contributed by atoms with Gasteiger partial charge in [-0.05, 0) is 22.9 Å². The van der Waals surface area contributed by atoms with E-state index in [9.17, 15) is 0 Å². The maximum atomic E-state index is 4.79. The number of pyridine rings is 1. The van der Waals surface area contributed by atoms with E-state index in [0.717, 1.165) is 11.3 Å². The van der Waals surface area contributed by atoms with Crippen LogP contribution in [0.4, 0.5) is 0 Å². The van der Waals surface area contributed by atoms with Crippen LogP contribution in [0.25, 0.3) is 16.2 Å². The van der Waals surface area contributed by atoms with Gasteiger partial charge in [-0.25, -0.2) is 4.98 Å². The van der Waals surface area contributed by atoms with Crippen molar-refractivity contribution >= 4 is 17.0 Å². The van der Waals surface area contributed by atoms with Gasteiger partial charge in [0.15, 0.2) is 0 Å². The minimum atomic E-state index is 0.112. The molecular weight excluding hydrogens is 240 g/mol. The lowest BCUT2D eigenvalue weighted by molar-refractivity contribution is 0.592. The summed E-state index contributed by atoms with van der Waals surface area (Å²) in [6, 6.07) is 8.44. The molecule has 0 unspecified atom stereocenters. The molecule has 0 saturated carbocycles. The number of fused-ring (bicyclic) bond motifs is 1. The molecule has 3 aromatic rings. The van der Waals surface area contributed by atoms with Gasteiger partial charge in [-0.2, -0.15) is 0 Å². The highest BCUT2D eigenvalue weighted by Crippen LogP contribution is 2.29. The van der Waals surface area contributed by atoms with Gasteiger partial charge in [0.1, 0.15) is 5.65 Å². The summed E-state index contributed by atoms with van der Waals surface area (Å²) in [5, 5.41) is 2.09. The van der Waals surface area contributed by atoms with Crippen molar-refractivity contribution in [1.82, 2.24) is 9.38 Å². The predicted octanol–water partition coefficient (Wildman–Crippen LogP) is 4.36. The van der Waals surface area contributed by atoms with Crippen molar-refractivity contribution in [3.8, 4) is 10.6 Å². The number of nitrogens with zero attached hydrogens (tertiary/aromatic N) is 2. The number of rotatable bonds is 1. The van der Waals surface area contributed by atoms with E-state index in [2.05, 4.69) is 67.2 Å². The molecule has 0 atom stereocenters. The zero-order valence-electron chi connectivity index (χ0n) is 10.8. The Hall–Kier alpha value is -1.61. The molecule has 18 heavy (non-hydrogen) atoms. The van der Waals surface area contributed by atoms with Gasteiger partial charge in [0, 0.05) is 18.0 Å². The van der Waals surface area contributed by atoms with Crippen LogP contribution in [0.5, 0.6) is 0 Å². The van der Waals surface area contributed by atoms with E-state index in [-0.39, 0.29) is 5.41 Å². The van der Waals surface area contributed by atoms with Crippen LogP contribution in [0.3, 0.4) is 0 Å². The van der Waals surface area contributed by atoms with Gasteiger partial charge < -0.3 is 4.40 Å². The summed E-state index contributed by atoms with van der Waals surface area (Å²) in [6.07, 6.45) is 4.17. The lowest BCUT2D eigenvalue weighted by atomic mass is 9.88. The van der Waals surface area contributed by atoms with Crippen molar-refractivity contribution in [2.45, 2.75) is 26.2 Å². The third-order valence-corrected chi connectivity index (χ3v) is 3.96. The highest BCUT2D eigenvalue weighted by atomic mass is 32.1. The van der Waals surface area contributed by atoms with Gasteiger partial charge in [-0.15, -0.1) is 11.3 Å². The number of imidazole rings is 1. The second kappa shape index (κ2) is 3.95. The number of aromatic nitrogens is 2. The first-order valence-electron chi connectivity index (χ1n) is 6.08. The summed E-state index contributed by atoms with van der Waals surface area (Å²) in [5.74, 6) is 0. The minimum Gasteiger partial charge on any atom is -0.306 e. The van der Waals surface area contributed by atoms with Gasteiger partial charge >= 0.3 is 0 Å². The normalized spacial score (nSPS) is 12.2. The Morgan fingerprint density at radius 1 is 1.17 bits per heavy atom. The molecule has 3 heteroatoms. The van der Waals surface area contributed by atoms with Crippen LogP contribution >= 0.6 is 11.3 Å². The number of hydrogen-bond donors (Lipinski definition) is 0. The van der Waals surface area contributed by atoms with Gasteiger partial charge in [-0.1, -0.05) is 32.9 Å². The Morgan fingerprint density at radius 2 is 2.00 bits per heavy atom. The van der Waals surface area contributed by atoms with Crippen molar-refractivity contribution in [3.05, 3.63) is 47.6 Å². The molecule has 2 nitrogen and oxygen atoms in total. The fraction of sp³-hybridized carbons (Fsp3) is 0.267. The average molecular weight is 256 g/mol. The van der Waals surface area contributed by atoms with Crippen molar-refractivity contribution in [1.29, 1.82) is 0 Å². The number of hydrogen-bond acceptors (Lipinski definition) is 2. The molecule has 0 aromatic carbocycles. The highest BCUT2D eigenvalue weighted by molar-refractivity contribution is 7.13. The topological polar surface area (TPSA) is 17.3 Å². The van der Waals surface area contributed by atoms with E-state index in [1.807, 2.05) is 0 Å². The SMILES string of the molecule is CC(C)(C)c1cccn2cc(-c3cccs3)nc12. The lowest BCUT2D eigenvalue weighted by Crippen LogP contribution is -2.12. The monoisotopic (exact) mass is 256 g/mol. The Morgan fingerprint density at radius 3 is 2.67 bits per heavy atom. The lowest BCUT2D eigenvalue weighted by Gasteiger charge is -2.19. The maximum absolute atomic E-state index is 4.79. The Kier molecular flexibility index (Phi) is 2.52. The van der Waals surface area contributed by atoms with E-state index in [4.69, 9.17) is 4.98 Å². The van der Waals surface area contributed by atoms with Crippen LogP contribution in [0.2, 0.25) is 0 Å². The van der Waals surface area contributed by atoms with Crippen molar-refractivity contribution in [2.24, 2.45) is 0 Å². The van der Waals surface area contributed by atoms with E-state index in [1.54, 1.807) is 11.3 Å². The second-order valence-electron chi connectivity index (χ2n) is 5.51. The smallest absolute Gasteiger partial charge is 0.141 e. The molecule has 0 saturated heterocycles. The molecule has 92 valence electrons. The summed E-state index contributed by atoms with van der Waals surface area (Å²) in [7, 11) is 0. The van der Waals surface area contributed by atoms with E-state index < -0.39 is 0 Å². The quantitative estimate of drug-likeness (QED) is 0.632. The van der Waals surface area contributed by atoms with Crippen molar-refractivity contribution in [2.75, 3.05) is 0 Å². The number of thiophene rings is 1. The maximum Gasteiger partial charge on any atom is 0.141 e. The Balaban J connectivity index is 2.24. The molecule has 0 radical (unpaired) electrons.